The molecule has 0 saturated heterocycles. The molecular weight excluding hydrogens is 244 g/mol. The van der Waals surface area contributed by atoms with Gasteiger partial charge >= 0.3 is 0 Å². The van der Waals surface area contributed by atoms with Crippen LogP contribution in [0.5, 0.6) is 5.75 Å². The summed E-state index contributed by atoms with van der Waals surface area (Å²) in [7, 11) is 5.72. The number of hydrogen-bond acceptors (Lipinski definition) is 5. The molecule has 6 heteroatoms. The van der Waals surface area contributed by atoms with E-state index in [0.29, 0.717) is 13.2 Å². The van der Waals surface area contributed by atoms with Gasteiger partial charge in [-0.3, -0.25) is 4.68 Å². The summed E-state index contributed by atoms with van der Waals surface area (Å²) in [5, 5.41) is 4.35. The van der Waals surface area contributed by atoms with Crippen LogP contribution in [0.2, 0.25) is 0 Å². The molecule has 1 atom stereocenters. The van der Waals surface area contributed by atoms with Gasteiger partial charge in [-0.15, -0.1) is 0 Å². The molecule has 19 heavy (non-hydrogen) atoms. The molecule has 0 fully saturated rings. The number of aromatic nitrogens is 2. The minimum atomic E-state index is -0.119. The molecular formula is C13H26N4O2. The normalized spacial score (nSPS) is 12.9. The molecule has 1 rings (SSSR count). The van der Waals surface area contributed by atoms with E-state index in [1.165, 1.54) is 0 Å². The molecule has 110 valence electrons. The van der Waals surface area contributed by atoms with Crippen molar-refractivity contribution >= 4 is 0 Å². The van der Waals surface area contributed by atoms with Crippen molar-refractivity contribution in [3.8, 4) is 5.75 Å². The maximum Gasteiger partial charge on any atom is 0.161 e. The molecule has 0 radical (unpaired) electrons. The van der Waals surface area contributed by atoms with E-state index in [9.17, 15) is 0 Å². The Morgan fingerprint density at radius 3 is 2.79 bits per heavy atom. The highest BCUT2D eigenvalue weighted by molar-refractivity contribution is 5.28. The van der Waals surface area contributed by atoms with Crippen LogP contribution in [0.4, 0.5) is 0 Å². The monoisotopic (exact) mass is 270 g/mol. The summed E-state index contributed by atoms with van der Waals surface area (Å²) in [5.74, 6) is 0.753. The minimum absolute atomic E-state index is 0.119. The van der Waals surface area contributed by atoms with Gasteiger partial charge in [-0.25, -0.2) is 0 Å². The van der Waals surface area contributed by atoms with Crippen molar-refractivity contribution in [1.82, 2.24) is 14.7 Å². The predicted molar refractivity (Wildman–Crippen MR) is 75.4 cm³/mol. The fourth-order valence-electron chi connectivity index (χ4n) is 1.87. The Bertz CT molecular complexity index is 366. The number of rotatable bonds is 9. The molecule has 0 bridgehead atoms. The Morgan fingerprint density at radius 1 is 1.47 bits per heavy atom. The van der Waals surface area contributed by atoms with Gasteiger partial charge in [0, 0.05) is 19.8 Å². The number of hydrogen-bond donors (Lipinski definition) is 1. The van der Waals surface area contributed by atoms with Gasteiger partial charge in [0.2, 0.25) is 0 Å². The highest BCUT2D eigenvalue weighted by atomic mass is 16.5. The molecule has 0 aliphatic heterocycles. The van der Waals surface area contributed by atoms with E-state index < -0.39 is 0 Å². The second kappa shape index (κ2) is 8.14. The van der Waals surface area contributed by atoms with Crippen LogP contribution in [0.1, 0.15) is 25.1 Å². The summed E-state index contributed by atoms with van der Waals surface area (Å²) in [4.78, 5) is 2.11. The van der Waals surface area contributed by atoms with Crippen molar-refractivity contribution in [2.45, 2.75) is 25.9 Å². The Hall–Kier alpha value is -1.11. The maximum absolute atomic E-state index is 6.23. The second-order valence-electron chi connectivity index (χ2n) is 4.72. The van der Waals surface area contributed by atoms with Crippen molar-refractivity contribution in [2.75, 3.05) is 41.0 Å². The molecule has 1 aromatic rings. The Labute approximate surface area is 115 Å². The number of nitrogens with zero attached hydrogens (tertiary/aromatic N) is 3. The Morgan fingerprint density at radius 2 is 2.21 bits per heavy atom. The number of methoxy groups -OCH3 is 1. The SMILES string of the molecule is CCOCCC(N)c1c(OC)cnn1CCN(C)C. The molecule has 0 amide bonds. The molecule has 0 saturated carbocycles. The van der Waals surface area contributed by atoms with Crippen LogP contribution < -0.4 is 10.5 Å². The van der Waals surface area contributed by atoms with Crippen LogP contribution in [0.25, 0.3) is 0 Å². The lowest BCUT2D eigenvalue weighted by Crippen LogP contribution is -2.24. The summed E-state index contributed by atoms with van der Waals surface area (Å²) in [6.07, 6.45) is 2.49. The second-order valence-corrected chi connectivity index (χ2v) is 4.72. The van der Waals surface area contributed by atoms with Crippen LogP contribution >= 0.6 is 0 Å². The summed E-state index contributed by atoms with van der Waals surface area (Å²) in [6, 6.07) is -0.119. The van der Waals surface area contributed by atoms with Gasteiger partial charge in [-0.2, -0.15) is 5.10 Å². The highest BCUT2D eigenvalue weighted by Gasteiger charge is 2.18. The van der Waals surface area contributed by atoms with Gasteiger partial charge in [0.1, 0.15) is 0 Å². The third-order valence-corrected chi connectivity index (χ3v) is 2.95. The lowest BCUT2D eigenvalue weighted by molar-refractivity contribution is 0.139. The zero-order valence-corrected chi connectivity index (χ0v) is 12.4. The topological polar surface area (TPSA) is 65.5 Å². The largest absolute Gasteiger partial charge is 0.493 e. The lowest BCUT2D eigenvalue weighted by Gasteiger charge is -2.17. The third-order valence-electron chi connectivity index (χ3n) is 2.95. The predicted octanol–water partition coefficient (Wildman–Crippen LogP) is 0.880. The molecule has 0 aliphatic carbocycles. The van der Waals surface area contributed by atoms with E-state index in [-0.39, 0.29) is 6.04 Å². The van der Waals surface area contributed by atoms with Gasteiger partial charge in [-0.1, -0.05) is 0 Å². The van der Waals surface area contributed by atoms with Crippen molar-refractivity contribution in [2.24, 2.45) is 5.73 Å². The smallest absolute Gasteiger partial charge is 0.161 e. The Kier molecular flexibility index (Phi) is 6.83. The Balaban J connectivity index is 2.73. The first-order valence-electron chi connectivity index (χ1n) is 6.67. The van der Waals surface area contributed by atoms with Crippen molar-refractivity contribution < 1.29 is 9.47 Å². The first-order valence-corrected chi connectivity index (χ1v) is 6.67. The number of likely N-dealkylation sites (N-methyl/N-ethyl adjacent to an activating group) is 1. The summed E-state index contributed by atoms with van der Waals surface area (Å²) in [6.45, 7) is 5.06. The molecule has 0 spiro atoms. The maximum atomic E-state index is 6.23. The molecule has 0 aliphatic rings. The molecule has 2 N–H and O–H groups in total. The van der Waals surface area contributed by atoms with E-state index in [2.05, 4.69) is 10.00 Å². The van der Waals surface area contributed by atoms with Gasteiger partial charge in [0.15, 0.2) is 5.75 Å². The highest BCUT2D eigenvalue weighted by Crippen LogP contribution is 2.25. The van der Waals surface area contributed by atoms with Crippen LogP contribution in [-0.2, 0) is 11.3 Å². The number of ether oxygens (including phenoxy) is 2. The van der Waals surface area contributed by atoms with Crippen molar-refractivity contribution in [1.29, 1.82) is 0 Å². The van der Waals surface area contributed by atoms with Crippen LogP contribution in [0.3, 0.4) is 0 Å². The van der Waals surface area contributed by atoms with E-state index in [1.54, 1.807) is 13.3 Å². The lowest BCUT2D eigenvalue weighted by atomic mass is 10.1. The third kappa shape index (κ3) is 4.81. The van der Waals surface area contributed by atoms with Crippen LogP contribution in [-0.4, -0.2) is 55.6 Å². The van der Waals surface area contributed by atoms with Gasteiger partial charge in [-0.05, 0) is 27.4 Å². The molecule has 0 aromatic carbocycles. The van der Waals surface area contributed by atoms with E-state index in [0.717, 1.165) is 31.0 Å². The van der Waals surface area contributed by atoms with E-state index in [1.807, 2.05) is 25.7 Å². The summed E-state index contributed by atoms with van der Waals surface area (Å²) < 4.78 is 12.6. The fourth-order valence-corrected chi connectivity index (χ4v) is 1.87. The van der Waals surface area contributed by atoms with E-state index in [4.69, 9.17) is 15.2 Å². The summed E-state index contributed by atoms with van der Waals surface area (Å²) in [5.41, 5.74) is 7.18. The molecule has 1 heterocycles. The summed E-state index contributed by atoms with van der Waals surface area (Å²) >= 11 is 0. The van der Waals surface area contributed by atoms with Crippen molar-refractivity contribution in [3.05, 3.63) is 11.9 Å². The first-order chi connectivity index (χ1) is 9.10. The standard InChI is InChI=1S/C13H26N4O2/c1-5-19-9-6-11(14)13-12(18-4)10-15-17(13)8-7-16(2)3/h10-11H,5-9,14H2,1-4H3. The molecule has 1 aromatic heterocycles. The minimum Gasteiger partial charge on any atom is -0.493 e. The van der Waals surface area contributed by atoms with Gasteiger partial charge in [0.25, 0.3) is 0 Å². The molecule has 1 unspecified atom stereocenters. The average Bonchev–Trinajstić information content (AvgIpc) is 2.79. The number of nitrogens with two attached hydrogens (primary N) is 1. The van der Waals surface area contributed by atoms with E-state index >= 15 is 0 Å². The van der Waals surface area contributed by atoms with Crippen molar-refractivity contribution in [3.63, 3.8) is 0 Å². The molecule has 6 nitrogen and oxygen atoms in total. The first kappa shape index (κ1) is 15.9. The average molecular weight is 270 g/mol. The quantitative estimate of drug-likeness (QED) is 0.675. The van der Waals surface area contributed by atoms with Gasteiger partial charge in [0.05, 0.1) is 31.6 Å². The van der Waals surface area contributed by atoms with Gasteiger partial charge < -0.3 is 20.1 Å². The zero-order chi connectivity index (χ0) is 14.3. The fraction of sp³-hybridized carbons (Fsp3) is 0.769. The van der Waals surface area contributed by atoms with Crippen LogP contribution in [0.15, 0.2) is 6.20 Å². The zero-order valence-electron chi connectivity index (χ0n) is 12.4. The van der Waals surface area contributed by atoms with Crippen LogP contribution in [0, 0.1) is 0 Å².